The maximum Gasteiger partial charge on any atom is 0.330 e. The summed E-state index contributed by atoms with van der Waals surface area (Å²) in [7, 11) is 0.541. The molecule has 0 spiro atoms. The van der Waals surface area contributed by atoms with Crippen molar-refractivity contribution in [3.63, 3.8) is 0 Å². The van der Waals surface area contributed by atoms with E-state index < -0.39 is 45.8 Å². The largest absolute Gasteiger partial charge is 0.376 e. The van der Waals surface area contributed by atoms with Crippen molar-refractivity contribution in [3.05, 3.63) is 33.1 Å². The van der Waals surface area contributed by atoms with Gasteiger partial charge in [0.25, 0.3) is 5.56 Å². The van der Waals surface area contributed by atoms with E-state index in [1.165, 1.54) is 27.5 Å². The summed E-state index contributed by atoms with van der Waals surface area (Å²) < 4.78 is 43.2. The van der Waals surface area contributed by atoms with Gasteiger partial charge >= 0.3 is 5.69 Å². The molecular weight excluding hydrogens is 330 g/mol. The molecule has 1 aromatic rings. The fraction of sp³-hybridized carbons (Fsp3) is 0.667. The molecule has 1 fully saturated rings. The number of nitrogens with one attached hydrogen (secondary N) is 2. The van der Waals surface area contributed by atoms with Crippen molar-refractivity contribution in [3.8, 4) is 0 Å². The van der Waals surface area contributed by atoms with E-state index >= 15 is 0 Å². The minimum atomic E-state index is -3.56. The normalized spacial score (nSPS) is 28.1. The number of sulfonamides is 1. The average molecular weight is 349 g/mol. The summed E-state index contributed by atoms with van der Waals surface area (Å²) in [6.07, 6.45) is -1.93. The third kappa shape index (κ3) is 3.70. The van der Waals surface area contributed by atoms with E-state index in [1.54, 1.807) is 0 Å². The second-order valence-corrected chi connectivity index (χ2v) is 6.94. The molecule has 11 heteroatoms. The van der Waals surface area contributed by atoms with Gasteiger partial charge in [0.2, 0.25) is 10.0 Å². The second kappa shape index (κ2) is 6.93. The van der Waals surface area contributed by atoms with Crippen LogP contribution in [-0.4, -0.2) is 63.3 Å². The smallest absolute Gasteiger partial charge is 0.330 e. The van der Waals surface area contributed by atoms with Gasteiger partial charge < -0.3 is 14.2 Å². The molecule has 1 unspecified atom stereocenters. The Bertz CT molecular complexity index is 756. The lowest BCUT2D eigenvalue weighted by molar-refractivity contribution is -0.0544. The molecule has 1 aliphatic rings. The highest BCUT2D eigenvalue weighted by molar-refractivity contribution is 7.89. The summed E-state index contributed by atoms with van der Waals surface area (Å²) in [5, 5.41) is 0. The molecule has 0 aliphatic carbocycles. The van der Waals surface area contributed by atoms with Crippen molar-refractivity contribution in [2.45, 2.75) is 24.5 Å². The molecule has 23 heavy (non-hydrogen) atoms. The van der Waals surface area contributed by atoms with Gasteiger partial charge in [0.05, 0.1) is 5.75 Å². The molecule has 2 rings (SSSR count). The van der Waals surface area contributed by atoms with Gasteiger partial charge in [-0.25, -0.2) is 17.9 Å². The standard InChI is InChI=1S/C12H19N3O7S/c1-13-23(18,19)6-7-9(20-2)10(21-3)11(22-7)15-5-4-8(16)14-12(15)17/h4-5,7,9-11,13H,6H2,1-3H3,(H,14,16,17)/t7?,9-,10-,11-/m1/s1. The molecule has 0 aromatic carbocycles. The third-order valence-electron chi connectivity index (χ3n) is 3.65. The van der Waals surface area contributed by atoms with Gasteiger partial charge in [0.1, 0.15) is 18.3 Å². The average Bonchev–Trinajstić information content (AvgIpc) is 2.83. The fourth-order valence-electron chi connectivity index (χ4n) is 2.53. The number of aromatic nitrogens is 2. The highest BCUT2D eigenvalue weighted by Crippen LogP contribution is 2.32. The first kappa shape index (κ1) is 17.8. The molecule has 2 heterocycles. The Morgan fingerprint density at radius 3 is 2.48 bits per heavy atom. The van der Waals surface area contributed by atoms with Crippen LogP contribution in [-0.2, 0) is 24.2 Å². The Labute approximate surface area is 132 Å². The van der Waals surface area contributed by atoms with Crippen molar-refractivity contribution in [1.29, 1.82) is 0 Å². The Morgan fingerprint density at radius 1 is 1.30 bits per heavy atom. The van der Waals surface area contributed by atoms with E-state index in [0.717, 1.165) is 10.6 Å². The molecule has 1 aromatic heterocycles. The van der Waals surface area contributed by atoms with Crippen LogP contribution in [0.1, 0.15) is 6.23 Å². The van der Waals surface area contributed by atoms with Gasteiger partial charge in [-0.15, -0.1) is 0 Å². The Hall–Kier alpha value is -1.53. The van der Waals surface area contributed by atoms with Crippen LogP contribution in [0.5, 0.6) is 0 Å². The van der Waals surface area contributed by atoms with Gasteiger partial charge in [-0.05, 0) is 7.05 Å². The van der Waals surface area contributed by atoms with Crippen LogP contribution >= 0.6 is 0 Å². The van der Waals surface area contributed by atoms with Crippen LogP contribution in [0.4, 0.5) is 0 Å². The summed E-state index contributed by atoms with van der Waals surface area (Å²) in [5.74, 6) is -0.351. The highest BCUT2D eigenvalue weighted by Gasteiger charge is 2.48. The summed E-state index contributed by atoms with van der Waals surface area (Å²) in [6.45, 7) is 0. The Balaban J connectivity index is 2.37. The van der Waals surface area contributed by atoms with E-state index in [9.17, 15) is 18.0 Å². The first-order chi connectivity index (χ1) is 10.8. The van der Waals surface area contributed by atoms with Crippen molar-refractivity contribution in [1.82, 2.24) is 14.3 Å². The number of aromatic amines is 1. The number of rotatable bonds is 6. The number of hydrogen-bond donors (Lipinski definition) is 2. The maximum atomic E-state index is 11.9. The second-order valence-electron chi connectivity index (χ2n) is 4.97. The zero-order valence-corrected chi connectivity index (χ0v) is 13.7. The molecule has 1 aliphatic heterocycles. The minimum absolute atomic E-state index is 0.351. The molecule has 2 N–H and O–H groups in total. The van der Waals surface area contributed by atoms with Crippen LogP contribution in [0.2, 0.25) is 0 Å². The van der Waals surface area contributed by atoms with Gasteiger partial charge in [-0.1, -0.05) is 0 Å². The number of methoxy groups -OCH3 is 2. The highest BCUT2D eigenvalue weighted by atomic mass is 32.2. The van der Waals surface area contributed by atoms with Gasteiger partial charge in [-0.2, -0.15) is 0 Å². The third-order valence-corrected chi connectivity index (χ3v) is 5.04. The molecule has 130 valence electrons. The minimum Gasteiger partial charge on any atom is -0.376 e. The van der Waals surface area contributed by atoms with Crippen LogP contribution in [0.15, 0.2) is 21.9 Å². The molecule has 0 amide bonds. The van der Waals surface area contributed by atoms with Gasteiger partial charge in [0, 0.05) is 26.5 Å². The summed E-state index contributed by atoms with van der Waals surface area (Å²) in [5.41, 5.74) is -1.23. The van der Waals surface area contributed by atoms with Crippen molar-refractivity contribution in [2.24, 2.45) is 0 Å². The SMILES string of the molecule is CNS(=O)(=O)CC1O[C@@H](n2ccc(=O)[nH]c2=O)[C@H](OC)[C@@H]1OC. The number of nitrogens with zero attached hydrogens (tertiary/aromatic N) is 1. The zero-order chi connectivity index (χ0) is 17.2. The number of H-pyrrole nitrogens is 1. The van der Waals surface area contributed by atoms with Crippen molar-refractivity contribution < 1.29 is 22.6 Å². The van der Waals surface area contributed by atoms with E-state index in [1.807, 2.05) is 0 Å². The van der Waals surface area contributed by atoms with Gasteiger partial charge in [0.15, 0.2) is 6.23 Å². The van der Waals surface area contributed by atoms with E-state index in [4.69, 9.17) is 14.2 Å². The summed E-state index contributed by atoms with van der Waals surface area (Å²) >= 11 is 0. The molecular formula is C12H19N3O7S. The predicted molar refractivity (Wildman–Crippen MR) is 79.7 cm³/mol. The number of ether oxygens (including phenoxy) is 3. The van der Waals surface area contributed by atoms with E-state index in [2.05, 4.69) is 9.71 Å². The van der Waals surface area contributed by atoms with Crippen molar-refractivity contribution >= 4 is 10.0 Å². The molecule has 10 nitrogen and oxygen atoms in total. The number of hydrogen-bond acceptors (Lipinski definition) is 7. The Kier molecular flexibility index (Phi) is 5.37. The molecule has 0 saturated carbocycles. The van der Waals surface area contributed by atoms with E-state index in [0.29, 0.717) is 0 Å². The van der Waals surface area contributed by atoms with Crippen LogP contribution in [0.25, 0.3) is 0 Å². The summed E-state index contributed by atoms with van der Waals surface area (Å²) in [4.78, 5) is 25.2. The topological polar surface area (TPSA) is 129 Å². The molecule has 4 atom stereocenters. The lowest BCUT2D eigenvalue weighted by Gasteiger charge is -2.22. The van der Waals surface area contributed by atoms with Crippen LogP contribution < -0.4 is 16.0 Å². The van der Waals surface area contributed by atoms with Gasteiger partial charge in [-0.3, -0.25) is 14.3 Å². The predicted octanol–water partition coefficient (Wildman–Crippen LogP) is -1.99. The monoisotopic (exact) mass is 349 g/mol. The lowest BCUT2D eigenvalue weighted by Crippen LogP contribution is -2.41. The quantitative estimate of drug-likeness (QED) is 0.608. The molecule has 1 saturated heterocycles. The first-order valence-electron chi connectivity index (χ1n) is 6.76. The van der Waals surface area contributed by atoms with Crippen LogP contribution in [0, 0.1) is 0 Å². The zero-order valence-electron chi connectivity index (χ0n) is 12.9. The maximum absolute atomic E-state index is 11.9. The molecule has 0 radical (unpaired) electrons. The van der Waals surface area contributed by atoms with Crippen LogP contribution in [0.3, 0.4) is 0 Å². The first-order valence-corrected chi connectivity index (χ1v) is 8.42. The summed E-state index contributed by atoms with van der Waals surface area (Å²) in [6, 6.07) is 1.16. The molecule has 0 bridgehead atoms. The van der Waals surface area contributed by atoms with E-state index in [-0.39, 0.29) is 5.75 Å². The lowest BCUT2D eigenvalue weighted by atomic mass is 10.1. The Morgan fingerprint density at radius 2 is 1.96 bits per heavy atom. The fourth-order valence-corrected chi connectivity index (χ4v) is 3.40. The van der Waals surface area contributed by atoms with Crippen molar-refractivity contribution in [2.75, 3.05) is 27.0 Å².